The van der Waals surface area contributed by atoms with Crippen LogP contribution in [0.3, 0.4) is 0 Å². The fourth-order valence-corrected chi connectivity index (χ4v) is 1.94. The van der Waals surface area contributed by atoms with Crippen molar-refractivity contribution in [3.05, 3.63) is 35.7 Å². The predicted molar refractivity (Wildman–Crippen MR) is 58.8 cm³/mol. The lowest BCUT2D eigenvalue weighted by atomic mass is 10.2. The average molecular weight is 210 g/mol. The van der Waals surface area contributed by atoms with Gasteiger partial charge in [-0.25, -0.2) is 0 Å². The molecule has 1 nitrogen and oxygen atoms in total. The molecule has 0 unspecified atom stereocenters. The van der Waals surface area contributed by atoms with Gasteiger partial charge in [-0.15, -0.1) is 0 Å². The fourth-order valence-electron chi connectivity index (χ4n) is 1.82. The highest BCUT2D eigenvalue weighted by atomic mass is 35.5. The van der Waals surface area contributed by atoms with Crippen LogP contribution in [0.25, 0.3) is 0 Å². The SMILES string of the molecule is [CH2]c1cc(OC2CCCC2)ccc1Cl. The Morgan fingerprint density at radius 2 is 2.00 bits per heavy atom. The lowest BCUT2D eigenvalue weighted by Gasteiger charge is -2.13. The number of halogens is 1. The van der Waals surface area contributed by atoms with Crippen molar-refractivity contribution < 1.29 is 4.74 Å². The zero-order valence-electron chi connectivity index (χ0n) is 8.13. The van der Waals surface area contributed by atoms with E-state index in [1.165, 1.54) is 25.7 Å². The van der Waals surface area contributed by atoms with E-state index in [-0.39, 0.29) is 0 Å². The molecule has 0 atom stereocenters. The van der Waals surface area contributed by atoms with Crippen molar-refractivity contribution in [3.8, 4) is 5.75 Å². The minimum absolute atomic E-state index is 0.399. The summed E-state index contributed by atoms with van der Waals surface area (Å²) in [4.78, 5) is 0. The van der Waals surface area contributed by atoms with Gasteiger partial charge >= 0.3 is 0 Å². The van der Waals surface area contributed by atoms with Gasteiger partial charge in [-0.3, -0.25) is 0 Å². The summed E-state index contributed by atoms with van der Waals surface area (Å²) < 4.78 is 5.81. The molecule has 0 heterocycles. The Balaban J connectivity index is 2.05. The van der Waals surface area contributed by atoms with Gasteiger partial charge in [0.2, 0.25) is 0 Å². The Hall–Kier alpha value is -0.690. The van der Waals surface area contributed by atoms with Gasteiger partial charge in [0.1, 0.15) is 5.75 Å². The molecule has 1 aliphatic rings. The van der Waals surface area contributed by atoms with E-state index in [1.807, 2.05) is 18.2 Å². The van der Waals surface area contributed by atoms with Gasteiger partial charge in [-0.2, -0.15) is 0 Å². The van der Waals surface area contributed by atoms with Crippen LogP contribution in [0.15, 0.2) is 18.2 Å². The molecule has 1 aliphatic carbocycles. The van der Waals surface area contributed by atoms with E-state index >= 15 is 0 Å². The maximum Gasteiger partial charge on any atom is 0.120 e. The highest BCUT2D eigenvalue weighted by Gasteiger charge is 2.16. The maximum absolute atomic E-state index is 5.88. The normalized spacial score (nSPS) is 17.3. The second-order valence-electron chi connectivity index (χ2n) is 3.78. The molecule has 0 spiro atoms. The topological polar surface area (TPSA) is 9.23 Å². The molecule has 0 amide bonds. The van der Waals surface area contributed by atoms with Gasteiger partial charge in [0.05, 0.1) is 6.10 Å². The van der Waals surface area contributed by atoms with Crippen LogP contribution in [0.2, 0.25) is 5.02 Å². The minimum atomic E-state index is 0.399. The second-order valence-corrected chi connectivity index (χ2v) is 4.18. The van der Waals surface area contributed by atoms with E-state index in [4.69, 9.17) is 16.3 Å². The van der Waals surface area contributed by atoms with E-state index in [1.54, 1.807) is 0 Å². The summed E-state index contributed by atoms with van der Waals surface area (Å²) in [6, 6.07) is 5.66. The molecule has 1 fully saturated rings. The average Bonchev–Trinajstić information content (AvgIpc) is 2.64. The van der Waals surface area contributed by atoms with Crippen molar-refractivity contribution in [2.24, 2.45) is 0 Å². The highest BCUT2D eigenvalue weighted by molar-refractivity contribution is 6.31. The van der Waals surface area contributed by atoms with Crippen LogP contribution in [0.1, 0.15) is 31.2 Å². The number of benzene rings is 1. The van der Waals surface area contributed by atoms with Crippen LogP contribution in [0.5, 0.6) is 5.75 Å². The van der Waals surface area contributed by atoms with Crippen molar-refractivity contribution in [1.29, 1.82) is 0 Å². The second kappa shape index (κ2) is 4.22. The summed E-state index contributed by atoms with van der Waals surface area (Å²) in [5.41, 5.74) is 0.835. The first-order valence-electron chi connectivity index (χ1n) is 5.04. The Morgan fingerprint density at radius 1 is 1.29 bits per heavy atom. The number of rotatable bonds is 2. The van der Waals surface area contributed by atoms with Gasteiger partial charge in [0, 0.05) is 5.02 Å². The first kappa shape index (κ1) is 9.85. The van der Waals surface area contributed by atoms with Gasteiger partial charge in [-0.05, 0) is 56.4 Å². The van der Waals surface area contributed by atoms with E-state index in [0.29, 0.717) is 11.1 Å². The van der Waals surface area contributed by atoms with E-state index < -0.39 is 0 Å². The van der Waals surface area contributed by atoms with Gasteiger partial charge in [0.25, 0.3) is 0 Å². The Kier molecular flexibility index (Phi) is 2.97. The summed E-state index contributed by atoms with van der Waals surface area (Å²) in [7, 11) is 0. The summed E-state index contributed by atoms with van der Waals surface area (Å²) >= 11 is 5.88. The first-order valence-corrected chi connectivity index (χ1v) is 5.41. The molecule has 0 aromatic heterocycles. The largest absolute Gasteiger partial charge is 0.490 e. The van der Waals surface area contributed by atoms with Gasteiger partial charge in [-0.1, -0.05) is 11.6 Å². The molecular formula is C12H14ClO. The third-order valence-corrected chi connectivity index (χ3v) is 2.99. The molecule has 2 heteroatoms. The van der Waals surface area contributed by atoms with Gasteiger partial charge in [0.15, 0.2) is 0 Å². The maximum atomic E-state index is 5.88. The minimum Gasteiger partial charge on any atom is -0.490 e. The van der Waals surface area contributed by atoms with Gasteiger partial charge < -0.3 is 4.74 Å². The molecule has 14 heavy (non-hydrogen) atoms. The zero-order valence-corrected chi connectivity index (χ0v) is 8.89. The van der Waals surface area contributed by atoms with Crippen LogP contribution in [0, 0.1) is 6.92 Å². The van der Waals surface area contributed by atoms with Crippen LogP contribution in [-0.2, 0) is 0 Å². The summed E-state index contributed by atoms with van der Waals surface area (Å²) in [5, 5.41) is 0.698. The van der Waals surface area contributed by atoms with Crippen molar-refractivity contribution >= 4 is 11.6 Å². The van der Waals surface area contributed by atoms with Crippen LogP contribution >= 0.6 is 11.6 Å². The summed E-state index contributed by atoms with van der Waals surface area (Å²) in [5.74, 6) is 0.895. The summed E-state index contributed by atoms with van der Waals surface area (Å²) in [6.07, 6.45) is 5.32. The third-order valence-electron chi connectivity index (χ3n) is 2.62. The molecule has 1 aromatic rings. The number of hydrogen-bond donors (Lipinski definition) is 0. The zero-order chi connectivity index (χ0) is 9.97. The Labute approximate surface area is 90.0 Å². The standard InChI is InChI=1S/C12H14ClO/c1-9-8-11(6-7-12(9)13)14-10-4-2-3-5-10/h6-8,10H,1-5H2. The Bertz CT molecular complexity index is 316. The fraction of sp³-hybridized carbons (Fsp3) is 0.417. The van der Waals surface area contributed by atoms with E-state index in [2.05, 4.69) is 6.92 Å². The Morgan fingerprint density at radius 3 is 2.64 bits per heavy atom. The number of hydrogen-bond acceptors (Lipinski definition) is 1. The molecule has 75 valence electrons. The number of ether oxygens (including phenoxy) is 1. The van der Waals surface area contributed by atoms with E-state index in [0.717, 1.165) is 11.3 Å². The quantitative estimate of drug-likeness (QED) is 0.719. The molecular weight excluding hydrogens is 196 g/mol. The molecule has 0 bridgehead atoms. The van der Waals surface area contributed by atoms with Crippen molar-refractivity contribution in [3.63, 3.8) is 0 Å². The third kappa shape index (κ3) is 2.21. The van der Waals surface area contributed by atoms with E-state index in [9.17, 15) is 0 Å². The van der Waals surface area contributed by atoms with Crippen LogP contribution in [-0.4, -0.2) is 6.10 Å². The molecule has 1 aromatic carbocycles. The van der Waals surface area contributed by atoms with Crippen molar-refractivity contribution in [2.75, 3.05) is 0 Å². The molecule has 1 saturated carbocycles. The smallest absolute Gasteiger partial charge is 0.120 e. The highest BCUT2D eigenvalue weighted by Crippen LogP contribution is 2.26. The van der Waals surface area contributed by atoms with Crippen LogP contribution < -0.4 is 4.74 Å². The molecule has 0 aliphatic heterocycles. The molecule has 0 saturated heterocycles. The summed E-state index contributed by atoms with van der Waals surface area (Å²) in [6.45, 7) is 3.84. The monoisotopic (exact) mass is 209 g/mol. The molecule has 1 radical (unpaired) electrons. The first-order chi connectivity index (χ1) is 6.75. The lowest BCUT2D eigenvalue weighted by molar-refractivity contribution is 0.210. The lowest BCUT2D eigenvalue weighted by Crippen LogP contribution is -2.10. The molecule has 2 rings (SSSR count). The van der Waals surface area contributed by atoms with Crippen molar-refractivity contribution in [1.82, 2.24) is 0 Å². The van der Waals surface area contributed by atoms with Crippen LogP contribution in [0.4, 0.5) is 0 Å². The van der Waals surface area contributed by atoms with Crippen molar-refractivity contribution in [2.45, 2.75) is 31.8 Å². The predicted octanol–water partition coefficient (Wildman–Crippen LogP) is 3.84. The molecule has 0 N–H and O–H groups in total.